The van der Waals surface area contributed by atoms with Crippen LogP contribution in [0.15, 0.2) is 60.7 Å². The number of hydrogen-bond acceptors (Lipinski definition) is 4. The molecule has 0 radical (unpaired) electrons. The number of rotatable bonds is 9. The van der Waals surface area contributed by atoms with Gasteiger partial charge in [-0.3, -0.25) is 4.79 Å². The standard InChI is InChI=1S/C28H32N4O2/c1-5-7-8-21-9-13-23(14-10-21)32-30-26-17-19(3)25(18-27(26)31-32)29-28(33)22-11-15-24(16-12-22)34-20(4)6-2/h9-18,20H,5-8H2,1-4H3,(H,29,33)/t20-/m0/s1. The predicted molar refractivity (Wildman–Crippen MR) is 137 cm³/mol. The minimum absolute atomic E-state index is 0.140. The molecule has 0 saturated carbocycles. The van der Waals surface area contributed by atoms with Gasteiger partial charge in [-0.1, -0.05) is 32.4 Å². The van der Waals surface area contributed by atoms with Crippen molar-refractivity contribution in [2.75, 3.05) is 5.32 Å². The second-order valence-corrected chi connectivity index (χ2v) is 8.73. The molecule has 1 amide bonds. The third-order valence-electron chi connectivity index (χ3n) is 5.99. The van der Waals surface area contributed by atoms with Crippen LogP contribution in [0.4, 0.5) is 5.69 Å². The van der Waals surface area contributed by atoms with Gasteiger partial charge in [0.05, 0.1) is 11.8 Å². The number of aromatic nitrogens is 3. The van der Waals surface area contributed by atoms with Gasteiger partial charge in [0.25, 0.3) is 5.91 Å². The number of carbonyl (C=O) groups is 1. The van der Waals surface area contributed by atoms with Gasteiger partial charge in [0.1, 0.15) is 16.8 Å². The van der Waals surface area contributed by atoms with Crippen molar-refractivity contribution in [1.82, 2.24) is 15.0 Å². The number of benzene rings is 3. The quantitative estimate of drug-likeness (QED) is 0.312. The zero-order valence-corrected chi connectivity index (χ0v) is 20.3. The van der Waals surface area contributed by atoms with Crippen molar-refractivity contribution < 1.29 is 9.53 Å². The van der Waals surface area contributed by atoms with Crippen molar-refractivity contribution in [1.29, 1.82) is 0 Å². The lowest BCUT2D eigenvalue weighted by molar-refractivity contribution is 0.102. The molecule has 1 N–H and O–H groups in total. The van der Waals surface area contributed by atoms with E-state index in [9.17, 15) is 4.79 Å². The SMILES string of the molecule is CCCCc1ccc(-n2nc3cc(C)c(NC(=O)c4ccc(O[C@@H](C)CC)cc4)cc3n2)cc1. The van der Waals surface area contributed by atoms with E-state index in [1.165, 1.54) is 18.4 Å². The number of aryl methyl sites for hydroxylation is 2. The first kappa shape index (κ1) is 23.5. The van der Waals surface area contributed by atoms with Crippen LogP contribution in [0, 0.1) is 6.92 Å². The van der Waals surface area contributed by atoms with Crippen LogP contribution in [-0.4, -0.2) is 27.0 Å². The van der Waals surface area contributed by atoms with Crippen LogP contribution in [-0.2, 0) is 6.42 Å². The lowest BCUT2D eigenvalue weighted by Gasteiger charge is -2.13. The lowest BCUT2D eigenvalue weighted by Crippen LogP contribution is -2.13. The average Bonchev–Trinajstić information content (AvgIpc) is 3.26. The molecule has 34 heavy (non-hydrogen) atoms. The maximum atomic E-state index is 12.8. The van der Waals surface area contributed by atoms with Crippen molar-refractivity contribution in [3.63, 3.8) is 0 Å². The van der Waals surface area contributed by atoms with Crippen molar-refractivity contribution in [2.45, 2.75) is 59.5 Å². The van der Waals surface area contributed by atoms with Gasteiger partial charge in [0.2, 0.25) is 0 Å². The lowest BCUT2D eigenvalue weighted by atomic mass is 10.1. The van der Waals surface area contributed by atoms with E-state index in [4.69, 9.17) is 4.74 Å². The topological polar surface area (TPSA) is 69.0 Å². The van der Waals surface area contributed by atoms with Gasteiger partial charge in [0.15, 0.2) is 0 Å². The number of nitrogens with one attached hydrogen (secondary N) is 1. The third kappa shape index (κ3) is 5.45. The van der Waals surface area contributed by atoms with Crippen molar-refractivity contribution in [2.24, 2.45) is 0 Å². The van der Waals surface area contributed by atoms with Gasteiger partial charge in [0, 0.05) is 11.3 Å². The van der Waals surface area contributed by atoms with E-state index in [1.54, 1.807) is 16.9 Å². The maximum absolute atomic E-state index is 12.8. The minimum Gasteiger partial charge on any atom is -0.491 e. The highest BCUT2D eigenvalue weighted by Gasteiger charge is 2.12. The molecular formula is C28H32N4O2. The highest BCUT2D eigenvalue weighted by molar-refractivity contribution is 6.05. The van der Waals surface area contributed by atoms with Gasteiger partial charge in [-0.05, 0) is 92.8 Å². The van der Waals surface area contributed by atoms with Gasteiger partial charge in [-0.25, -0.2) is 0 Å². The van der Waals surface area contributed by atoms with E-state index in [1.807, 2.05) is 50.2 Å². The molecule has 0 bridgehead atoms. The van der Waals surface area contributed by atoms with Crippen LogP contribution in [0.5, 0.6) is 5.75 Å². The minimum atomic E-state index is -0.174. The number of hydrogen-bond donors (Lipinski definition) is 1. The van der Waals surface area contributed by atoms with E-state index in [-0.39, 0.29) is 12.0 Å². The monoisotopic (exact) mass is 456 g/mol. The van der Waals surface area contributed by atoms with E-state index >= 15 is 0 Å². The molecule has 1 heterocycles. The summed E-state index contributed by atoms with van der Waals surface area (Å²) < 4.78 is 5.80. The molecule has 0 aliphatic rings. The Morgan fingerprint density at radius 2 is 1.68 bits per heavy atom. The van der Waals surface area contributed by atoms with Crippen molar-refractivity contribution >= 4 is 22.6 Å². The summed E-state index contributed by atoms with van der Waals surface area (Å²) in [7, 11) is 0. The molecule has 1 aromatic heterocycles. The van der Waals surface area contributed by atoms with Crippen LogP contribution in [0.3, 0.4) is 0 Å². The fourth-order valence-corrected chi connectivity index (χ4v) is 3.69. The summed E-state index contributed by atoms with van der Waals surface area (Å²) in [5, 5.41) is 12.3. The number of anilines is 1. The highest BCUT2D eigenvalue weighted by atomic mass is 16.5. The molecule has 176 valence electrons. The summed E-state index contributed by atoms with van der Waals surface area (Å²) in [5.41, 5.74) is 5.98. The first-order valence-electron chi connectivity index (χ1n) is 12.0. The Morgan fingerprint density at radius 1 is 1.00 bits per heavy atom. The van der Waals surface area contributed by atoms with Crippen LogP contribution in [0.1, 0.15) is 61.5 Å². The Labute approximate surface area is 200 Å². The smallest absolute Gasteiger partial charge is 0.255 e. The molecule has 0 unspecified atom stereocenters. The molecule has 0 aliphatic carbocycles. The number of nitrogens with zero attached hydrogens (tertiary/aromatic N) is 3. The number of fused-ring (bicyclic) bond motifs is 1. The molecule has 0 spiro atoms. The zero-order valence-electron chi connectivity index (χ0n) is 20.3. The Balaban J connectivity index is 1.50. The van der Waals surface area contributed by atoms with Crippen LogP contribution >= 0.6 is 0 Å². The van der Waals surface area contributed by atoms with Crippen LogP contribution < -0.4 is 10.1 Å². The molecule has 6 nitrogen and oxygen atoms in total. The first-order chi connectivity index (χ1) is 16.5. The van der Waals surface area contributed by atoms with E-state index in [0.29, 0.717) is 5.56 Å². The molecular weight excluding hydrogens is 424 g/mol. The fraction of sp³-hybridized carbons (Fsp3) is 0.321. The van der Waals surface area contributed by atoms with Crippen molar-refractivity contribution in [3.8, 4) is 11.4 Å². The van der Waals surface area contributed by atoms with E-state index in [2.05, 4.69) is 41.5 Å². The number of ether oxygens (including phenoxy) is 1. The Kier molecular flexibility index (Phi) is 7.26. The summed E-state index contributed by atoms with van der Waals surface area (Å²) in [6, 6.07) is 19.4. The van der Waals surface area contributed by atoms with Gasteiger partial charge < -0.3 is 10.1 Å². The zero-order chi connectivity index (χ0) is 24.1. The number of carbonyl (C=O) groups excluding carboxylic acids is 1. The summed E-state index contributed by atoms with van der Waals surface area (Å²) in [6.07, 6.45) is 4.53. The second kappa shape index (κ2) is 10.5. The molecule has 4 aromatic rings. The molecule has 0 aliphatic heterocycles. The average molecular weight is 457 g/mol. The largest absolute Gasteiger partial charge is 0.491 e. The Bertz CT molecular complexity index is 1260. The number of unbranched alkanes of at least 4 members (excludes halogenated alkanes) is 1. The molecule has 6 heteroatoms. The van der Waals surface area contributed by atoms with Crippen LogP contribution in [0.25, 0.3) is 16.7 Å². The van der Waals surface area contributed by atoms with E-state index in [0.717, 1.165) is 46.6 Å². The highest BCUT2D eigenvalue weighted by Crippen LogP contribution is 2.24. The molecule has 1 atom stereocenters. The van der Waals surface area contributed by atoms with E-state index < -0.39 is 0 Å². The number of amides is 1. The van der Waals surface area contributed by atoms with Gasteiger partial charge in [-0.2, -0.15) is 4.80 Å². The summed E-state index contributed by atoms with van der Waals surface area (Å²) in [6.45, 7) is 8.26. The summed E-state index contributed by atoms with van der Waals surface area (Å²) in [5.74, 6) is 0.589. The molecule has 3 aromatic carbocycles. The summed E-state index contributed by atoms with van der Waals surface area (Å²) >= 11 is 0. The fourth-order valence-electron chi connectivity index (χ4n) is 3.69. The molecule has 4 rings (SSSR count). The maximum Gasteiger partial charge on any atom is 0.255 e. The summed E-state index contributed by atoms with van der Waals surface area (Å²) in [4.78, 5) is 14.5. The molecule has 0 saturated heterocycles. The Hall–Kier alpha value is -3.67. The second-order valence-electron chi connectivity index (χ2n) is 8.73. The Morgan fingerprint density at radius 3 is 2.32 bits per heavy atom. The third-order valence-corrected chi connectivity index (χ3v) is 5.99. The van der Waals surface area contributed by atoms with Gasteiger partial charge in [-0.15, -0.1) is 10.2 Å². The predicted octanol–water partition coefficient (Wildman–Crippen LogP) is 6.50. The van der Waals surface area contributed by atoms with Gasteiger partial charge >= 0.3 is 0 Å². The first-order valence-corrected chi connectivity index (χ1v) is 12.0. The van der Waals surface area contributed by atoms with Crippen molar-refractivity contribution in [3.05, 3.63) is 77.4 Å². The normalized spacial score (nSPS) is 12.0. The van der Waals surface area contributed by atoms with Crippen LogP contribution in [0.2, 0.25) is 0 Å². The molecule has 0 fully saturated rings.